The number of hydrogen-bond acceptors (Lipinski definition) is 4. The number of ether oxygens (including phenoxy) is 2. The Hall–Kier alpha value is -3.03. The van der Waals surface area contributed by atoms with Gasteiger partial charge in [0.2, 0.25) is 0 Å². The summed E-state index contributed by atoms with van der Waals surface area (Å²) in [6, 6.07) is 12.5. The second-order valence-corrected chi connectivity index (χ2v) is 9.66. The number of carbonyl (C=O) groups excluding carboxylic acids is 2. The van der Waals surface area contributed by atoms with Gasteiger partial charge < -0.3 is 9.47 Å². The lowest BCUT2D eigenvalue weighted by atomic mass is 9.71. The number of alkyl halides is 3. The van der Waals surface area contributed by atoms with Gasteiger partial charge in [-0.25, -0.2) is 4.79 Å². The smallest absolute Gasteiger partial charge is 0.462 e. The lowest BCUT2D eigenvalue weighted by Crippen LogP contribution is -2.47. The van der Waals surface area contributed by atoms with E-state index in [-0.39, 0.29) is 17.2 Å². The zero-order valence-electron chi connectivity index (χ0n) is 19.8. The van der Waals surface area contributed by atoms with Crippen molar-refractivity contribution in [1.82, 2.24) is 0 Å². The van der Waals surface area contributed by atoms with Crippen LogP contribution in [0.5, 0.6) is 5.75 Å². The Morgan fingerprint density at radius 1 is 0.853 bits per heavy atom. The molecule has 0 N–H and O–H groups in total. The number of amides is 1. The Morgan fingerprint density at radius 2 is 1.35 bits per heavy atom. The number of esters is 1. The number of anilines is 1. The van der Waals surface area contributed by atoms with Crippen LogP contribution in [0.4, 0.5) is 18.9 Å². The molecule has 0 bridgehead atoms. The van der Waals surface area contributed by atoms with Crippen LogP contribution in [0.15, 0.2) is 48.5 Å². The highest BCUT2D eigenvalue weighted by Crippen LogP contribution is 2.40. The average Bonchev–Trinajstić information content (AvgIpc) is 2.78. The van der Waals surface area contributed by atoms with E-state index in [4.69, 9.17) is 4.74 Å². The Morgan fingerprint density at radius 3 is 1.79 bits per heavy atom. The zero-order chi connectivity index (χ0) is 25.1. The van der Waals surface area contributed by atoms with Gasteiger partial charge in [-0.15, -0.1) is 13.2 Å². The van der Waals surface area contributed by atoms with Crippen LogP contribution < -0.4 is 9.64 Å². The summed E-state index contributed by atoms with van der Waals surface area (Å²) in [4.78, 5) is 26.5. The van der Waals surface area contributed by atoms with Crippen LogP contribution in [0.25, 0.3) is 11.1 Å². The van der Waals surface area contributed by atoms with Crippen molar-refractivity contribution >= 4 is 17.6 Å². The highest BCUT2D eigenvalue weighted by molar-refractivity contribution is 6.38. The molecular weight excluding hydrogens is 447 g/mol. The third kappa shape index (κ3) is 6.30. The van der Waals surface area contributed by atoms with Crippen LogP contribution in [0.3, 0.4) is 0 Å². The van der Waals surface area contributed by atoms with Crippen LogP contribution in [0.1, 0.15) is 46.5 Å². The lowest BCUT2D eigenvalue weighted by Gasteiger charge is -2.40. The minimum atomic E-state index is -4.75. The maximum atomic E-state index is 12.9. The third-order valence-corrected chi connectivity index (χ3v) is 6.43. The lowest BCUT2D eigenvalue weighted by molar-refractivity contribution is -0.274. The summed E-state index contributed by atoms with van der Waals surface area (Å²) in [6.07, 6.45) is -1.25. The summed E-state index contributed by atoms with van der Waals surface area (Å²) in [5, 5.41) is 0. The molecule has 0 saturated heterocycles. The molecular formula is C26H30F3NO4. The quantitative estimate of drug-likeness (QED) is 0.380. The topological polar surface area (TPSA) is 55.8 Å². The molecule has 0 aliphatic heterocycles. The van der Waals surface area contributed by atoms with Crippen molar-refractivity contribution in [3.63, 3.8) is 0 Å². The fourth-order valence-electron chi connectivity index (χ4n) is 4.54. The first-order chi connectivity index (χ1) is 15.9. The second kappa shape index (κ2) is 10.1. The van der Waals surface area contributed by atoms with Gasteiger partial charge in [-0.1, -0.05) is 45.0 Å². The third-order valence-electron chi connectivity index (χ3n) is 6.43. The van der Waals surface area contributed by atoms with Gasteiger partial charge in [-0.3, -0.25) is 9.69 Å². The number of nitrogens with zero attached hydrogens (tertiary/aromatic N) is 1. The summed E-state index contributed by atoms with van der Waals surface area (Å²) >= 11 is 0. The van der Waals surface area contributed by atoms with E-state index in [1.54, 1.807) is 24.3 Å². The van der Waals surface area contributed by atoms with Gasteiger partial charge in [0.1, 0.15) is 5.75 Å². The van der Waals surface area contributed by atoms with E-state index in [2.05, 4.69) is 25.5 Å². The molecule has 184 valence electrons. The van der Waals surface area contributed by atoms with Crippen molar-refractivity contribution < 1.29 is 32.2 Å². The van der Waals surface area contributed by atoms with Gasteiger partial charge in [0, 0.05) is 11.7 Å². The van der Waals surface area contributed by atoms with Crippen molar-refractivity contribution in [1.29, 1.82) is 0 Å². The average molecular weight is 478 g/mol. The number of carbonyl (C=O) groups is 2. The van der Waals surface area contributed by atoms with Crippen molar-refractivity contribution in [2.24, 2.45) is 11.3 Å². The van der Waals surface area contributed by atoms with Crippen molar-refractivity contribution in [3.05, 3.63) is 48.5 Å². The summed E-state index contributed by atoms with van der Waals surface area (Å²) in [5.74, 6) is -1.37. The Kier molecular flexibility index (Phi) is 7.58. The molecule has 3 rings (SSSR count). The minimum absolute atomic E-state index is 0.116. The van der Waals surface area contributed by atoms with E-state index < -0.39 is 18.2 Å². The van der Waals surface area contributed by atoms with Gasteiger partial charge in [0.05, 0.1) is 7.11 Å². The largest absolute Gasteiger partial charge is 0.573 e. The van der Waals surface area contributed by atoms with E-state index in [1.807, 2.05) is 0 Å². The van der Waals surface area contributed by atoms with Gasteiger partial charge in [0.15, 0.2) is 0 Å². The molecule has 0 heterocycles. The standard InChI is InChI=1S/C26H30F3NO4/c1-25(2,3)19-9-13-21(14-10-19)30(23(31)24(32)33-4)20-11-5-17(6-12-20)18-7-15-22(16-8-18)34-26(27,28)29/h5-8,11-12,15-16,19,21H,9-10,13-14H2,1-4H3. The molecule has 8 heteroatoms. The molecule has 0 aromatic heterocycles. The first kappa shape index (κ1) is 25.6. The van der Waals surface area contributed by atoms with E-state index >= 15 is 0 Å². The maximum Gasteiger partial charge on any atom is 0.573 e. The van der Waals surface area contributed by atoms with Gasteiger partial charge in [0.25, 0.3) is 0 Å². The van der Waals surface area contributed by atoms with Crippen LogP contribution in [-0.2, 0) is 14.3 Å². The molecule has 2 aromatic carbocycles. The number of rotatable bonds is 4. The van der Waals surface area contributed by atoms with E-state index in [1.165, 1.54) is 36.3 Å². The number of benzene rings is 2. The van der Waals surface area contributed by atoms with Crippen molar-refractivity contribution in [3.8, 4) is 16.9 Å². The predicted octanol–water partition coefficient (Wildman–Crippen LogP) is 6.36. The molecule has 1 aliphatic carbocycles. The minimum Gasteiger partial charge on any atom is -0.462 e. The molecule has 1 fully saturated rings. The van der Waals surface area contributed by atoms with Crippen LogP contribution in [0, 0.1) is 11.3 Å². The Bertz CT molecular complexity index is 987. The Labute approximate surface area is 197 Å². The highest BCUT2D eigenvalue weighted by Gasteiger charge is 2.36. The molecule has 0 spiro atoms. The van der Waals surface area contributed by atoms with Crippen LogP contribution >= 0.6 is 0 Å². The normalized spacial score (nSPS) is 18.8. The van der Waals surface area contributed by atoms with E-state index in [0.717, 1.165) is 31.2 Å². The molecule has 1 amide bonds. The van der Waals surface area contributed by atoms with E-state index in [0.29, 0.717) is 17.2 Å². The van der Waals surface area contributed by atoms with E-state index in [9.17, 15) is 22.8 Å². The van der Waals surface area contributed by atoms with Crippen molar-refractivity contribution in [2.75, 3.05) is 12.0 Å². The fraction of sp³-hybridized carbons (Fsp3) is 0.462. The molecule has 0 atom stereocenters. The Balaban J connectivity index is 1.81. The predicted molar refractivity (Wildman–Crippen MR) is 123 cm³/mol. The molecule has 34 heavy (non-hydrogen) atoms. The molecule has 2 aromatic rings. The summed E-state index contributed by atoms with van der Waals surface area (Å²) in [5.41, 5.74) is 2.21. The number of hydrogen-bond donors (Lipinski definition) is 0. The molecule has 1 saturated carbocycles. The molecule has 0 unspecified atom stereocenters. The van der Waals surface area contributed by atoms with Crippen LogP contribution in [0.2, 0.25) is 0 Å². The highest BCUT2D eigenvalue weighted by atomic mass is 19.4. The SMILES string of the molecule is COC(=O)C(=O)N(c1ccc(-c2ccc(OC(F)(F)F)cc2)cc1)C1CCC(C(C)(C)C)CC1. The molecule has 0 radical (unpaired) electrons. The fourth-order valence-corrected chi connectivity index (χ4v) is 4.54. The van der Waals surface area contributed by atoms with Gasteiger partial charge >= 0.3 is 18.2 Å². The number of halogens is 3. The summed E-state index contributed by atoms with van der Waals surface area (Å²) in [7, 11) is 1.18. The molecule has 1 aliphatic rings. The molecule has 5 nitrogen and oxygen atoms in total. The monoisotopic (exact) mass is 477 g/mol. The summed E-state index contributed by atoms with van der Waals surface area (Å²) < 4.78 is 45.7. The number of methoxy groups -OCH3 is 1. The first-order valence-corrected chi connectivity index (χ1v) is 11.3. The van der Waals surface area contributed by atoms with Gasteiger partial charge in [-0.05, 0) is 72.4 Å². The van der Waals surface area contributed by atoms with Gasteiger partial charge in [-0.2, -0.15) is 0 Å². The second-order valence-electron chi connectivity index (χ2n) is 9.66. The first-order valence-electron chi connectivity index (χ1n) is 11.3. The van der Waals surface area contributed by atoms with Crippen LogP contribution in [-0.4, -0.2) is 31.4 Å². The maximum absolute atomic E-state index is 12.9. The zero-order valence-corrected chi connectivity index (χ0v) is 19.8. The summed E-state index contributed by atoms with van der Waals surface area (Å²) in [6.45, 7) is 6.65. The van der Waals surface area contributed by atoms with Crippen molar-refractivity contribution in [2.45, 2.75) is 58.9 Å².